The van der Waals surface area contributed by atoms with Crippen molar-refractivity contribution in [1.29, 1.82) is 0 Å². The van der Waals surface area contributed by atoms with Crippen molar-refractivity contribution in [3.05, 3.63) is 93.3 Å². The van der Waals surface area contributed by atoms with Crippen LogP contribution in [0.4, 0.5) is 19.0 Å². The number of hydrogen-bond donors (Lipinski definition) is 1. The van der Waals surface area contributed by atoms with E-state index in [4.69, 9.17) is 11.6 Å². The second-order valence-electron chi connectivity index (χ2n) is 7.38. The lowest BCUT2D eigenvalue weighted by Gasteiger charge is -2.22. The maximum Gasteiger partial charge on any atom is 0.416 e. The first-order valence-corrected chi connectivity index (χ1v) is 10.1. The molecule has 0 aliphatic heterocycles. The van der Waals surface area contributed by atoms with E-state index in [-0.39, 0.29) is 16.1 Å². The van der Waals surface area contributed by atoms with Crippen LogP contribution in [0.3, 0.4) is 0 Å². The third kappa shape index (κ3) is 4.05. The molecular weight excluding hydrogens is 441 g/mol. The molecule has 2 aromatic carbocycles. The number of fused-ring (bicyclic) bond motifs is 1. The van der Waals surface area contributed by atoms with E-state index in [9.17, 15) is 18.0 Å². The van der Waals surface area contributed by atoms with E-state index in [0.29, 0.717) is 16.9 Å². The number of halogens is 4. The number of benzene rings is 2. The summed E-state index contributed by atoms with van der Waals surface area (Å²) in [5.74, 6) is 0.557. The van der Waals surface area contributed by atoms with Gasteiger partial charge in [-0.2, -0.15) is 13.2 Å². The van der Waals surface area contributed by atoms with Crippen LogP contribution in [0.1, 0.15) is 29.8 Å². The minimum absolute atomic E-state index is 0.0923. The van der Waals surface area contributed by atoms with E-state index >= 15 is 0 Å². The number of pyridine rings is 1. The molecule has 0 spiro atoms. The zero-order chi connectivity index (χ0) is 23.0. The number of alkyl halides is 3. The monoisotopic (exact) mass is 458 g/mol. The van der Waals surface area contributed by atoms with Gasteiger partial charge in [0.05, 0.1) is 22.0 Å². The van der Waals surface area contributed by atoms with E-state index in [2.05, 4.69) is 15.3 Å². The Kier molecular flexibility index (Phi) is 5.64. The quantitative estimate of drug-likeness (QED) is 0.411. The summed E-state index contributed by atoms with van der Waals surface area (Å²) in [6.07, 6.45) is -1.51. The fraction of sp³-hybridized carbons (Fsp3) is 0.174. The molecule has 4 aromatic rings. The van der Waals surface area contributed by atoms with Crippen molar-refractivity contribution >= 4 is 28.2 Å². The van der Waals surface area contributed by atoms with Gasteiger partial charge in [0.15, 0.2) is 0 Å². The summed E-state index contributed by atoms with van der Waals surface area (Å²) in [6, 6.07) is 11.0. The molecule has 4 rings (SSSR count). The number of aromatic nitrogens is 3. The Hall–Kier alpha value is -3.39. The van der Waals surface area contributed by atoms with Crippen molar-refractivity contribution in [2.24, 2.45) is 0 Å². The molecular formula is C23H18ClF3N4O. The molecule has 0 radical (unpaired) electrons. The number of anilines is 1. The Morgan fingerprint density at radius 2 is 1.88 bits per heavy atom. The Morgan fingerprint density at radius 1 is 1.12 bits per heavy atom. The van der Waals surface area contributed by atoms with Gasteiger partial charge in [0.25, 0.3) is 5.56 Å². The lowest BCUT2D eigenvalue weighted by molar-refractivity contribution is -0.137. The molecule has 0 amide bonds. The van der Waals surface area contributed by atoms with Gasteiger partial charge in [0, 0.05) is 23.1 Å². The van der Waals surface area contributed by atoms with Crippen molar-refractivity contribution in [2.75, 3.05) is 5.32 Å². The highest BCUT2D eigenvalue weighted by Gasteiger charge is 2.31. The van der Waals surface area contributed by atoms with E-state index < -0.39 is 23.3 Å². The van der Waals surface area contributed by atoms with Crippen molar-refractivity contribution < 1.29 is 13.2 Å². The molecule has 1 unspecified atom stereocenters. The smallest absolute Gasteiger partial charge is 0.362 e. The molecule has 32 heavy (non-hydrogen) atoms. The Morgan fingerprint density at radius 3 is 2.59 bits per heavy atom. The second-order valence-corrected chi connectivity index (χ2v) is 7.79. The van der Waals surface area contributed by atoms with Gasteiger partial charge in [0.2, 0.25) is 0 Å². The summed E-state index contributed by atoms with van der Waals surface area (Å²) in [5.41, 5.74) is -0.0113. The third-order valence-corrected chi connectivity index (χ3v) is 5.46. The van der Waals surface area contributed by atoms with Crippen LogP contribution in [0, 0.1) is 6.92 Å². The van der Waals surface area contributed by atoms with Gasteiger partial charge in [-0.3, -0.25) is 9.36 Å². The molecule has 0 fully saturated rings. The van der Waals surface area contributed by atoms with Crippen LogP contribution >= 0.6 is 11.6 Å². The maximum atomic E-state index is 13.5. The Bertz CT molecular complexity index is 1370. The first kappa shape index (κ1) is 21.8. The zero-order valence-electron chi connectivity index (χ0n) is 17.1. The Balaban J connectivity index is 1.96. The van der Waals surface area contributed by atoms with Crippen LogP contribution in [0.25, 0.3) is 16.5 Å². The summed E-state index contributed by atoms with van der Waals surface area (Å²) in [6.45, 7) is 3.63. The number of aryl methyl sites for hydroxylation is 1. The molecule has 2 aromatic heterocycles. The normalized spacial score (nSPS) is 12.7. The summed E-state index contributed by atoms with van der Waals surface area (Å²) in [4.78, 5) is 21.7. The van der Waals surface area contributed by atoms with E-state index in [0.717, 1.165) is 17.7 Å². The number of hydrogen-bond acceptors (Lipinski definition) is 4. The summed E-state index contributed by atoms with van der Waals surface area (Å²) in [7, 11) is 0. The molecule has 0 aliphatic rings. The molecule has 0 aliphatic carbocycles. The maximum absolute atomic E-state index is 13.5. The van der Waals surface area contributed by atoms with Crippen LogP contribution in [-0.2, 0) is 6.18 Å². The van der Waals surface area contributed by atoms with E-state index in [1.54, 1.807) is 37.4 Å². The minimum Gasteiger partial charge on any atom is -0.362 e. The largest absolute Gasteiger partial charge is 0.416 e. The molecule has 0 bridgehead atoms. The van der Waals surface area contributed by atoms with Crippen molar-refractivity contribution in [1.82, 2.24) is 14.5 Å². The van der Waals surface area contributed by atoms with Gasteiger partial charge < -0.3 is 5.32 Å². The molecule has 2 heterocycles. The fourth-order valence-corrected chi connectivity index (χ4v) is 3.84. The molecule has 0 saturated carbocycles. The van der Waals surface area contributed by atoms with Crippen LogP contribution in [0.2, 0.25) is 5.02 Å². The molecule has 0 saturated heterocycles. The molecule has 1 N–H and O–H groups in total. The number of rotatable bonds is 4. The first-order chi connectivity index (χ1) is 15.2. The fourth-order valence-electron chi connectivity index (χ4n) is 3.58. The van der Waals surface area contributed by atoms with Crippen LogP contribution < -0.4 is 10.9 Å². The highest BCUT2D eigenvalue weighted by atomic mass is 35.5. The predicted octanol–water partition coefficient (Wildman–Crippen LogP) is 5.93. The van der Waals surface area contributed by atoms with Gasteiger partial charge in [-0.15, -0.1) is 0 Å². The van der Waals surface area contributed by atoms with Gasteiger partial charge in [-0.1, -0.05) is 29.8 Å². The average molecular weight is 459 g/mol. The average Bonchev–Trinajstić information content (AvgIpc) is 2.74. The van der Waals surface area contributed by atoms with Crippen molar-refractivity contribution in [2.45, 2.75) is 26.1 Å². The van der Waals surface area contributed by atoms with Crippen LogP contribution in [0.5, 0.6) is 0 Å². The SMILES string of the molecule is Cc1cncnc1NC(C)c1cc2cccc(Cl)c2c(=O)n1-c1cccc(C(F)(F)F)c1. The van der Waals surface area contributed by atoms with Gasteiger partial charge in [-0.05, 0) is 49.6 Å². The highest BCUT2D eigenvalue weighted by molar-refractivity contribution is 6.35. The molecule has 5 nitrogen and oxygen atoms in total. The zero-order valence-corrected chi connectivity index (χ0v) is 17.9. The van der Waals surface area contributed by atoms with Crippen molar-refractivity contribution in [3.8, 4) is 5.69 Å². The lowest BCUT2D eigenvalue weighted by atomic mass is 10.1. The topological polar surface area (TPSA) is 59.8 Å². The summed E-state index contributed by atoms with van der Waals surface area (Å²) >= 11 is 6.28. The first-order valence-electron chi connectivity index (χ1n) is 9.72. The summed E-state index contributed by atoms with van der Waals surface area (Å²) < 4.78 is 41.3. The van der Waals surface area contributed by atoms with Gasteiger partial charge >= 0.3 is 6.18 Å². The van der Waals surface area contributed by atoms with Crippen molar-refractivity contribution in [3.63, 3.8) is 0 Å². The second kappa shape index (κ2) is 8.27. The van der Waals surface area contributed by atoms with E-state index in [1.807, 2.05) is 6.92 Å². The van der Waals surface area contributed by atoms with Crippen LogP contribution in [-0.4, -0.2) is 14.5 Å². The highest BCUT2D eigenvalue weighted by Crippen LogP contribution is 2.32. The van der Waals surface area contributed by atoms with Crippen LogP contribution in [0.15, 0.2) is 65.8 Å². The molecule has 1 atom stereocenters. The molecule has 164 valence electrons. The standard InChI is InChI=1S/C23H18ClF3N4O/c1-13-11-28-12-29-21(13)30-14(2)19-9-15-5-3-8-18(24)20(15)22(32)31(19)17-7-4-6-16(10-17)23(25,26)27/h3-12,14H,1-2H3,(H,28,29,30). The predicted molar refractivity (Wildman–Crippen MR) is 118 cm³/mol. The minimum atomic E-state index is -4.55. The molecule has 9 heteroatoms. The van der Waals surface area contributed by atoms with Gasteiger partial charge in [-0.25, -0.2) is 9.97 Å². The number of nitrogens with zero attached hydrogens (tertiary/aromatic N) is 3. The van der Waals surface area contributed by atoms with Gasteiger partial charge in [0.1, 0.15) is 12.1 Å². The third-order valence-electron chi connectivity index (χ3n) is 5.15. The Labute approximate surface area is 186 Å². The number of nitrogens with one attached hydrogen (secondary N) is 1. The lowest BCUT2D eigenvalue weighted by Crippen LogP contribution is -2.26. The summed E-state index contributed by atoms with van der Waals surface area (Å²) in [5, 5.41) is 4.28. The van der Waals surface area contributed by atoms with E-state index in [1.165, 1.54) is 23.0 Å².